The smallest absolute Gasteiger partial charge is 0.268 e. The standard InChI is InChI=1S/C24H30FN5O3/c1-24(2,3)12-19(23(33)28-16(13-26)10-15-7-5-9-27-21(15)31)30-22(32)18-11-14-6-4-8-17(25)20(14)29-18/h4,6,8,11,15-16,19,29H,5,7,9-10,12H2,1-3H3,(H,27,31)(H,28,33)(H,30,32)/t15-,16-,19-/m0/s1. The molecule has 0 radical (unpaired) electrons. The molecule has 1 fully saturated rings. The van der Waals surface area contributed by atoms with E-state index in [0.29, 0.717) is 24.8 Å². The van der Waals surface area contributed by atoms with Crippen LogP contribution in [-0.2, 0) is 9.59 Å². The van der Waals surface area contributed by atoms with Crippen molar-refractivity contribution in [1.29, 1.82) is 5.26 Å². The zero-order valence-corrected chi connectivity index (χ0v) is 19.1. The highest BCUT2D eigenvalue weighted by molar-refractivity contribution is 6.00. The lowest BCUT2D eigenvalue weighted by atomic mass is 9.87. The number of aromatic nitrogens is 1. The molecule has 1 aliphatic heterocycles. The summed E-state index contributed by atoms with van der Waals surface area (Å²) in [5.74, 6) is -1.96. The van der Waals surface area contributed by atoms with Crippen molar-refractivity contribution in [2.24, 2.45) is 11.3 Å². The Kier molecular flexibility index (Phi) is 7.36. The number of aromatic amines is 1. The highest BCUT2D eigenvalue weighted by atomic mass is 19.1. The van der Waals surface area contributed by atoms with Gasteiger partial charge in [-0.2, -0.15) is 5.26 Å². The molecule has 1 aromatic carbocycles. The van der Waals surface area contributed by atoms with E-state index in [9.17, 15) is 24.0 Å². The predicted octanol–water partition coefficient (Wildman–Crippen LogP) is 2.77. The van der Waals surface area contributed by atoms with E-state index in [2.05, 4.69) is 27.0 Å². The van der Waals surface area contributed by atoms with Gasteiger partial charge in [-0.15, -0.1) is 0 Å². The van der Waals surface area contributed by atoms with E-state index >= 15 is 0 Å². The van der Waals surface area contributed by atoms with Crippen molar-refractivity contribution in [1.82, 2.24) is 20.9 Å². The fourth-order valence-electron chi connectivity index (χ4n) is 4.06. The second kappa shape index (κ2) is 10.0. The average Bonchev–Trinajstić information content (AvgIpc) is 3.19. The largest absolute Gasteiger partial charge is 0.356 e. The lowest BCUT2D eigenvalue weighted by Crippen LogP contribution is -2.51. The molecule has 4 N–H and O–H groups in total. The molecule has 1 aliphatic rings. The summed E-state index contributed by atoms with van der Waals surface area (Å²) in [6.07, 6.45) is 2.03. The minimum absolute atomic E-state index is 0.110. The van der Waals surface area contributed by atoms with Gasteiger partial charge in [0.15, 0.2) is 0 Å². The van der Waals surface area contributed by atoms with Crippen LogP contribution in [0.4, 0.5) is 4.39 Å². The molecule has 0 bridgehead atoms. The first-order chi connectivity index (χ1) is 15.6. The Bertz CT molecular complexity index is 1080. The van der Waals surface area contributed by atoms with E-state index in [1.54, 1.807) is 12.1 Å². The number of amides is 3. The van der Waals surface area contributed by atoms with Gasteiger partial charge in [0.25, 0.3) is 5.91 Å². The summed E-state index contributed by atoms with van der Waals surface area (Å²) in [4.78, 5) is 40.7. The Hall–Kier alpha value is -3.41. The number of rotatable bonds is 7. The summed E-state index contributed by atoms with van der Waals surface area (Å²) < 4.78 is 14.0. The van der Waals surface area contributed by atoms with E-state index in [0.717, 1.165) is 6.42 Å². The number of benzene rings is 1. The molecule has 1 aromatic heterocycles. The van der Waals surface area contributed by atoms with Crippen LogP contribution in [0.25, 0.3) is 10.9 Å². The summed E-state index contributed by atoms with van der Waals surface area (Å²) in [5.41, 5.74) is 0.0556. The molecule has 0 spiro atoms. The molecule has 33 heavy (non-hydrogen) atoms. The lowest BCUT2D eigenvalue weighted by molar-refractivity contribution is -0.128. The molecule has 2 heterocycles. The van der Waals surface area contributed by atoms with Crippen LogP contribution < -0.4 is 16.0 Å². The third-order valence-electron chi connectivity index (χ3n) is 5.68. The number of carbonyl (C=O) groups excluding carboxylic acids is 3. The van der Waals surface area contributed by atoms with Crippen LogP contribution in [-0.4, -0.2) is 41.3 Å². The molecular weight excluding hydrogens is 425 g/mol. The number of nitriles is 1. The molecular formula is C24H30FN5O3. The van der Waals surface area contributed by atoms with Crippen LogP contribution >= 0.6 is 0 Å². The van der Waals surface area contributed by atoms with E-state index in [-0.39, 0.29) is 34.9 Å². The van der Waals surface area contributed by atoms with E-state index < -0.39 is 29.7 Å². The van der Waals surface area contributed by atoms with Crippen LogP contribution in [0.3, 0.4) is 0 Å². The average molecular weight is 456 g/mol. The molecule has 2 aromatic rings. The molecule has 3 amide bonds. The van der Waals surface area contributed by atoms with Crippen molar-refractivity contribution in [3.05, 3.63) is 35.8 Å². The first kappa shape index (κ1) is 24.2. The fraction of sp³-hybridized carbons (Fsp3) is 0.500. The van der Waals surface area contributed by atoms with Gasteiger partial charge < -0.3 is 20.9 Å². The second-order valence-corrected chi connectivity index (χ2v) is 9.73. The maximum absolute atomic E-state index is 14.0. The van der Waals surface area contributed by atoms with Crippen molar-refractivity contribution in [2.75, 3.05) is 6.54 Å². The molecule has 176 valence electrons. The Balaban J connectivity index is 1.72. The number of nitrogens with one attached hydrogen (secondary N) is 4. The number of hydrogen-bond donors (Lipinski definition) is 4. The number of para-hydroxylation sites is 1. The van der Waals surface area contributed by atoms with E-state index in [1.165, 1.54) is 12.1 Å². The van der Waals surface area contributed by atoms with E-state index in [4.69, 9.17) is 0 Å². The van der Waals surface area contributed by atoms with Crippen molar-refractivity contribution in [3.8, 4) is 6.07 Å². The summed E-state index contributed by atoms with van der Waals surface area (Å²) in [7, 11) is 0. The molecule has 9 heteroatoms. The number of halogens is 1. The third-order valence-corrected chi connectivity index (χ3v) is 5.68. The van der Waals surface area contributed by atoms with Gasteiger partial charge >= 0.3 is 0 Å². The number of piperidine rings is 1. The Labute approximate surface area is 192 Å². The SMILES string of the molecule is CC(C)(C)C[C@H](NC(=O)c1cc2cccc(F)c2[nH]1)C(=O)N[C@H](C#N)C[C@@H]1CCCNC1=O. The molecule has 3 atom stereocenters. The summed E-state index contributed by atoms with van der Waals surface area (Å²) in [6, 6.07) is 6.35. The van der Waals surface area contributed by atoms with Crippen LogP contribution in [0.15, 0.2) is 24.3 Å². The quantitative estimate of drug-likeness (QED) is 0.512. The number of H-pyrrole nitrogens is 1. The molecule has 8 nitrogen and oxygen atoms in total. The summed E-state index contributed by atoms with van der Waals surface area (Å²) in [5, 5.41) is 18.3. The van der Waals surface area contributed by atoms with Crippen LogP contribution in [0.1, 0.15) is 56.9 Å². The molecule has 3 rings (SSSR count). The first-order valence-corrected chi connectivity index (χ1v) is 11.1. The van der Waals surface area contributed by atoms with Crippen molar-refractivity contribution >= 4 is 28.6 Å². The van der Waals surface area contributed by atoms with Crippen LogP contribution in [0, 0.1) is 28.5 Å². The molecule has 0 aliphatic carbocycles. The van der Waals surface area contributed by atoms with Gasteiger partial charge in [-0.05, 0) is 43.2 Å². The van der Waals surface area contributed by atoms with Crippen molar-refractivity contribution in [2.45, 2.75) is 58.5 Å². The Morgan fingerprint density at radius 2 is 2.06 bits per heavy atom. The predicted molar refractivity (Wildman–Crippen MR) is 121 cm³/mol. The fourth-order valence-corrected chi connectivity index (χ4v) is 4.06. The van der Waals surface area contributed by atoms with Gasteiger partial charge in [-0.25, -0.2) is 4.39 Å². The Morgan fingerprint density at radius 1 is 1.30 bits per heavy atom. The maximum atomic E-state index is 14.0. The third kappa shape index (κ3) is 6.31. The summed E-state index contributed by atoms with van der Waals surface area (Å²) in [6.45, 7) is 6.43. The number of carbonyl (C=O) groups is 3. The van der Waals surface area contributed by atoms with Gasteiger partial charge in [-0.1, -0.05) is 32.9 Å². The van der Waals surface area contributed by atoms with Gasteiger partial charge in [0.2, 0.25) is 11.8 Å². The zero-order valence-electron chi connectivity index (χ0n) is 19.1. The van der Waals surface area contributed by atoms with Gasteiger partial charge in [0.1, 0.15) is 23.6 Å². The lowest BCUT2D eigenvalue weighted by Gasteiger charge is -2.28. The molecule has 0 saturated carbocycles. The van der Waals surface area contributed by atoms with Crippen LogP contribution in [0.2, 0.25) is 0 Å². The minimum atomic E-state index is -0.912. The second-order valence-electron chi connectivity index (χ2n) is 9.73. The van der Waals surface area contributed by atoms with Gasteiger partial charge in [0.05, 0.1) is 11.6 Å². The first-order valence-electron chi connectivity index (χ1n) is 11.1. The number of fused-ring (bicyclic) bond motifs is 1. The highest BCUT2D eigenvalue weighted by Crippen LogP contribution is 2.23. The topological polar surface area (TPSA) is 127 Å². The van der Waals surface area contributed by atoms with E-state index in [1.807, 2.05) is 20.8 Å². The minimum Gasteiger partial charge on any atom is -0.356 e. The van der Waals surface area contributed by atoms with Crippen LogP contribution in [0.5, 0.6) is 0 Å². The molecule has 1 saturated heterocycles. The zero-order chi connectivity index (χ0) is 24.2. The normalized spacial score (nSPS) is 18.2. The van der Waals surface area contributed by atoms with Gasteiger partial charge in [0, 0.05) is 17.8 Å². The van der Waals surface area contributed by atoms with Crippen molar-refractivity contribution in [3.63, 3.8) is 0 Å². The Morgan fingerprint density at radius 3 is 2.70 bits per heavy atom. The van der Waals surface area contributed by atoms with Crippen molar-refractivity contribution < 1.29 is 18.8 Å². The maximum Gasteiger partial charge on any atom is 0.268 e. The van der Waals surface area contributed by atoms with Gasteiger partial charge in [-0.3, -0.25) is 14.4 Å². The summed E-state index contributed by atoms with van der Waals surface area (Å²) >= 11 is 0. The monoisotopic (exact) mass is 455 g/mol. The number of nitrogens with zero attached hydrogens (tertiary/aromatic N) is 1. The molecule has 0 unspecified atom stereocenters. The highest BCUT2D eigenvalue weighted by Gasteiger charge is 2.31. The number of hydrogen-bond acceptors (Lipinski definition) is 4.